The lowest BCUT2D eigenvalue weighted by Gasteiger charge is -2.03. The summed E-state index contributed by atoms with van der Waals surface area (Å²) in [5.41, 5.74) is 3.91. The zero-order valence-electron chi connectivity index (χ0n) is 12.5. The molecule has 0 aromatic heterocycles. The fourth-order valence-corrected chi connectivity index (χ4v) is 1.88. The molecule has 0 amide bonds. The molecule has 20 heavy (non-hydrogen) atoms. The number of aldehydes is 1. The number of ketones is 1. The molecule has 1 aromatic rings. The van der Waals surface area contributed by atoms with E-state index in [1.54, 1.807) is 6.92 Å². The predicted octanol–water partition coefficient (Wildman–Crippen LogP) is 4.30. The van der Waals surface area contributed by atoms with E-state index >= 15 is 0 Å². The van der Waals surface area contributed by atoms with Crippen LogP contribution in [0.5, 0.6) is 0 Å². The van der Waals surface area contributed by atoms with Gasteiger partial charge in [0, 0.05) is 5.56 Å². The van der Waals surface area contributed by atoms with Crippen LogP contribution in [0.25, 0.3) is 0 Å². The molecule has 0 bridgehead atoms. The first-order chi connectivity index (χ1) is 9.54. The molecule has 0 heterocycles. The van der Waals surface area contributed by atoms with Crippen molar-refractivity contribution in [1.29, 1.82) is 0 Å². The van der Waals surface area contributed by atoms with E-state index in [1.807, 2.05) is 37.3 Å². The minimum Gasteiger partial charge on any atom is -0.298 e. The highest BCUT2D eigenvalue weighted by Crippen LogP contribution is 2.12. The Hall–Kier alpha value is -1.96. The number of allylic oxidation sites excluding steroid dienone is 4. The third kappa shape index (κ3) is 5.35. The van der Waals surface area contributed by atoms with Gasteiger partial charge in [0.15, 0.2) is 5.78 Å². The molecule has 2 nitrogen and oxygen atoms in total. The fraction of sp³-hybridized carbons (Fsp3) is 0.333. The minimum atomic E-state index is 0.131. The summed E-state index contributed by atoms with van der Waals surface area (Å²) in [6.07, 6.45) is 7.63. The van der Waals surface area contributed by atoms with Gasteiger partial charge in [0.2, 0.25) is 0 Å². The lowest BCUT2D eigenvalue weighted by Crippen LogP contribution is -1.92. The topological polar surface area (TPSA) is 34.1 Å². The SMILES string of the molecule is CC(=O)C(C)=CCCC(C)=CCc1ccccc1C=O. The van der Waals surface area contributed by atoms with Crippen molar-refractivity contribution in [1.82, 2.24) is 0 Å². The molecule has 0 fully saturated rings. The maximum Gasteiger partial charge on any atom is 0.155 e. The van der Waals surface area contributed by atoms with E-state index in [0.29, 0.717) is 0 Å². The normalized spacial score (nSPS) is 12.3. The van der Waals surface area contributed by atoms with Gasteiger partial charge in [-0.25, -0.2) is 0 Å². The first kappa shape index (κ1) is 16.1. The van der Waals surface area contributed by atoms with Crippen LogP contribution in [0.4, 0.5) is 0 Å². The second-order valence-corrected chi connectivity index (χ2v) is 5.05. The molecule has 106 valence electrons. The third-order valence-electron chi connectivity index (χ3n) is 3.40. The van der Waals surface area contributed by atoms with Gasteiger partial charge in [-0.3, -0.25) is 9.59 Å². The molecular weight excluding hydrogens is 248 g/mol. The van der Waals surface area contributed by atoms with Crippen molar-refractivity contribution in [3.8, 4) is 0 Å². The van der Waals surface area contributed by atoms with Gasteiger partial charge in [0.1, 0.15) is 6.29 Å². The molecule has 0 aliphatic rings. The van der Waals surface area contributed by atoms with E-state index in [1.165, 1.54) is 5.57 Å². The molecular formula is C18H22O2. The number of hydrogen-bond donors (Lipinski definition) is 0. The maximum atomic E-state index is 11.1. The number of carbonyl (C=O) groups is 2. The molecule has 0 saturated carbocycles. The van der Waals surface area contributed by atoms with Crippen molar-refractivity contribution < 1.29 is 9.59 Å². The van der Waals surface area contributed by atoms with Gasteiger partial charge >= 0.3 is 0 Å². The average molecular weight is 270 g/mol. The van der Waals surface area contributed by atoms with Crippen LogP contribution in [0.1, 0.15) is 49.5 Å². The lowest BCUT2D eigenvalue weighted by molar-refractivity contribution is -0.113. The number of benzene rings is 1. The number of Topliss-reactive ketones (excluding diaryl/α,β-unsaturated/α-hetero) is 1. The number of rotatable bonds is 7. The molecule has 0 atom stereocenters. The van der Waals surface area contributed by atoms with E-state index in [4.69, 9.17) is 0 Å². The largest absolute Gasteiger partial charge is 0.298 e. The Labute approximate surface area is 121 Å². The Kier molecular flexibility index (Phi) is 6.65. The van der Waals surface area contributed by atoms with Crippen LogP contribution in [-0.2, 0) is 11.2 Å². The molecule has 0 radical (unpaired) electrons. The van der Waals surface area contributed by atoms with E-state index < -0.39 is 0 Å². The highest BCUT2D eigenvalue weighted by molar-refractivity contribution is 5.92. The first-order valence-electron chi connectivity index (χ1n) is 6.91. The van der Waals surface area contributed by atoms with Crippen LogP contribution >= 0.6 is 0 Å². The van der Waals surface area contributed by atoms with Crippen molar-refractivity contribution >= 4 is 12.1 Å². The molecule has 1 aromatic carbocycles. The average Bonchev–Trinajstić information content (AvgIpc) is 2.45. The molecule has 0 saturated heterocycles. The van der Waals surface area contributed by atoms with E-state index in [0.717, 1.165) is 42.2 Å². The van der Waals surface area contributed by atoms with Gasteiger partial charge in [-0.15, -0.1) is 0 Å². The lowest BCUT2D eigenvalue weighted by atomic mass is 10.0. The Morgan fingerprint density at radius 1 is 1.10 bits per heavy atom. The molecule has 1 rings (SSSR count). The van der Waals surface area contributed by atoms with E-state index in [9.17, 15) is 9.59 Å². The van der Waals surface area contributed by atoms with Crippen molar-refractivity contribution in [2.24, 2.45) is 0 Å². The maximum absolute atomic E-state index is 11.1. The zero-order valence-corrected chi connectivity index (χ0v) is 12.5. The molecule has 0 unspecified atom stereocenters. The van der Waals surface area contributed by atoms with Crippen LogP contribution in [0, 0.1) is 0 Å². The fourth-order valence-electron chi connectivity index (χ4n) is 1.88. The van der Waals surface area contributed by atoms with Gasteiger partial charge in [0.25, 0.3) is 0 Å². The van der Waals surface area contributed by atoms with Crippen LogP contribution in [0.2, 0.25) is 0 Å². The molecule has 0 spiro atoms. The first-order valence-corrected chi connectivity index (χ1v) is 6.91. The number of hydrogen-bond acceptors (Lipinski definition) is 2. The van der Waals surface area contributed by atoms with Gasteiger partial charge in [0.05, 0.1) is 0 Å². The Morgan fingerprint density at radius 3 is 2.45 bits per heavy atom. The van der Waals surface area contributed by atoms with Crippen molar-refractivity contribution in [2.75, 3.05) is 0 Å². The van der Waals surface area contributed by atoms with Gasteiger partial charge in [-0.05, 0) is 51.2 Å². The summed E-state index contributed by atoms with van der Waals surface area (Å²) in [4.78, 5) is 22.0. The zero-order chi connectivity index (χ0) is 15.0. The van der Waals surface area contributed by atoms with Gasteiger partial charge in [-0.1, -0.05) is 42.0 Å². The van der Waals surface area contributed by atoms with Crippen LogP contribution in [-0.4, -0.2) is 12.1 Å². The van der Waals surface area contributed by atoms with Crippen LogP contribution in [0.15, 0.2) is 47.6 Å². The van der Waals surface area contributed by atoms with E-state index in [-0.39, 0.29) is 5.78 Å². The van der Waals surface area contributed by atoms with Crippen molar-refractivity contribution in [3.63, 3.8) is 0 Å². The monoisotopic (exact) mass is 270 g/mol. The summed E-state index contributed by atoms with van der Waals surface area (Å²) in [5, 5.41) is 0. The summed E-state index contributed by atoms with van der Waals surface area (Å²) in [5.74, 6) is 0.131. The van der Waals surface area contributed by atoms with Crippen molar-refractivity contribution in [2.45, 2.75) is 40.0 Å². The highest BCUT2D eigenvalue weighted by Gasteiger charge is 1.99. The van der Waals surface area contributed by atoms with Crippen molar-refractivity contribution in [3.05, 3.63) is 58.7 Å². The third-order valence-corrected chi connectivity index (χ3v) is 3.40. The molecule has 0 aliphatic heterocycles. The van der Waals surface area contributed by atoms with Gasteiger partial charge in [-0.2, -0.15) is 0 Å². The Bertz CT molecular complexity index is 536. The molecule has 0 aliphatic carbocycles. The summed E-state index contributed by atoms with van der Waals surface area (Å²) in [6, 6.07) is 7.64. The minimum absolute atomic E-state index is 0.131. The summed E-state index contributed by atoms with van der Waals surface area (Å²) < 4.78 is 0. The second-order valence-electron chi connectivity index (χ2n) is 5.05. The van der Waals surface area contributed by atoms with Crippen LogP contribution in [0.3, 0.4) is 0 Å². The van der Waals surface area contributed by atoms with Gasteiger partial charge < -0.3 is 0 Å². The van der Waals surface area contributed by atoms with Crippen LogP contribution < -0.4 is 0 Å². The quantitative estimate of drug-likeness (QED) is 0.420. The molecule has 2 heteroatoms. The standard InChI is InChI=1S/C18H22O2/c1-14(7-6-8-15(2)16(3)20)11-12-17-9-4-5-10-18(17)13-19/h4-5,8-11,13H,6-7,12H2,1-3H3. The molecule has 0 N–H and O–H groups in total. The highest BCUT2D eigenvalue weighted by atomic mass is 16.1. The Morgan fingerprint density at radius 2 is 1.80 bits per heavy atom. The van der Waals surface area contributed by atoms with E-state index in [2.05, 4.69) is 13.0 Å². The second kappa shape index (κ2) is 8.26. The number of carbonyl (C=O) groups excluding carboxylic acids is 2. The summed E-state index contributed by atoms with van der Waals surface area (Å²) in [7, 11) is 0. The summed E-state index contributed by atoms with van der Waals surface area (Å²) >= 11 is 0. The Balaban J connectivity index is 2.56. The summed E-state index contributed by atoms with van der Waals surface area (Å²) in [6.45, 7) is 5.52. The smallest absolute Gasteiger partial charge is 0.155 e. The predicted molar refractivity (Wildman–Crippen MR) is 83.0 cm³/mol.